The van der Waals surface area contributed by atoms with Gasteiger partial charge in [-0.3, -0.25) is 4.57 Å². The van der Waals surface area contributed by atoms with E-state index in [2.05, 4.69) is 89.6 Å². The summed E-state index contributed by atoms with van der Waals surface area (Å²) in [7, 11) is 0. The topological polar surface area (TPSA) is 35.4 Å². The number of aromatic nitrogens is 3. The summed E-state index contributed by atoms with van der Waals surface area (Å²) in [5, 5.41) is 12.1. The molecular formula is C31H17N3OS. The zero-order chi connectivity index (χ0) is 23.4. The molecule has 0 radical (unpaired) electrons. The maximum absolute atomic E-state index is 6.28. The fourth-order valence-corrected chi connectivity index (χ4v) is 7.01. The first kappa shape index (κ1) is 18.7. The van der Waals surface area contributed by atoms with Gasteiger partial charge in [0, 0.05) is 37.0 Å². The quantitative estimate of drug-likeness (QED) is 0.236. The predicted octanol–water partition coefficient (Wildman–Crippen LogP) is 8.70. The van der Waals surface area contributed by atoms with Crippen LogP contribution in [-0.2, 0) is 0 Å². The molecule has 0 saturated carbocycles. The van der Waals surface area contributed by atoms with Gasteiger partial charge in [0.05, 0.1) is 28.4 Å². The maximum Gasteiger partial charge on any atom is 0.136 e. The Morgan fingerprint density at radius 2 is 1.44 bits per heavy atom. The van der Waals surface area contributed by atoms with Crippen LogP contribution < -0.4 is 0 Å². The Morgan fingerprint density at radius 3 is 2.39 bits per heavy atom. The zero-order valence-electron chi connectivity index (χ0n) is 19.0. The SMILES string of the molecule is c1ccc2c(c1)nn1cc(-n3c4cc5c(cc4c4c6ccccc6sc43)oc3ccccc35)ccc21. The van der Waals surface area contributed by atoms with E-state index in [9.17, 15) is 0 Å². The second kappa shape index (κ2) is 6.53. The van der Waals surface area contributed by atoms with E-state index in [0.29, 0.717) is 0 Å². The summed E-state index contributed by atoms with van der Waals surface area (Å²) in [4.78, 5) is 1.24. The third kappa shape index (κ3) is 2.30. The number of benzene rings is 4. The molecular weight excluding hydrogens is 462 g/mol. The van der Waals surface area contributed by atoms with Gasteiger partial charge in [-0.1, -0.05) is 54.6 Å². The number of para-hydroxylation sites is 1. The van der Waals surface area contributed by atoms with Gasteiger partial charge in [-0.15, -0.1) is 11.3 Å². The lowest BCUT2D eigenvalue weighted by Gasteiger charge is -2.07. The molecule has 5 heterocycles. The van der Waals surface area contributed by atoms with Gasteiger partial charge in [-0.05, 0) is 42.5 Å². The van der Waals surface area contributed by atoms with Crippen molar-refractivity contribution >= 4 is 80.9 Å². The Balaban J connectivity index is 1.46. The highest BCUT2D eigenvalue weighted by Crippen LogP contribution is 2.44. The molecule has 0 N–H and O–H groups in total. The molecule has 0 aliphatic heterocycles. The van der Waals surface area contributed by atoms with Crippen LogP contribution in [0.25, 0.3) is 75.3 Å². The number of pyridine rings is 1. The van der Waals surface area contributed by atoms with Gasteiger partial charge >= 0.3 is 0 Å². The highest BCUT2D eigenvalue weighted by molar-refractivity contribution is 7.25. The first-order chi connectivity index (χ1) is 17.8. The first-order valence-corrected chi connectivity index (χ1v) is 12.8. The molecule has 4 aromatic carbocycles. The number of rotatable bonds is 1. The number of hydrogen-bond donors (Lipinski definition) is 0. The molecule has 36 heavy (non-hydrogen) atoms. The van der Waals surface area contributed by atoms with E-state index in [-0.39, 0.29) is 0 Å². The Bertz CT molecular complexity index is 2330. The van der Waals surface area contributed by atoms with Crippen molar-refractivity contribution in [3.05, 3.63) is 103 Å². The third-order valence-electron chi connectivity index (χ3n) is 7.35. The number of thiophene rings is 1. The lowest BCUT2D eigenvalue weighted by molar-refractivity contribution is 0.669. The summed E-state index contributed by atoms with van der Waals surface area (Å²) in [6.45, 7) is 0. The number of hydrogen-bond acceptors (Lipinski definition) is 3. The van der Waals surface area contributed by atoms with E-state index in [1.807, 2.05) is 34.1 Å². The molecule has 0 atom stereocenters. The zero-order valence-corrected chi connectivity index (χ0v) is 19.8. The molecule has 0 spiro atoms. The van der Waals surface area contributed by atoms with Gasteiger partial charge in [0.25, 0.3) is 0 Å². The van der Waals surface area contributed by atoms with Gasteiger partial charge in [-0.25, -0.2) is 4.52 Å². The van der Waals surface area contributed by atoms with Crippen LogP contribution in [0.2, 0.25) is 0 Å². The fourth-order valence-electron chi connectivity index (χ4n) is 5.76. The molecule has 5 heteroatoms. The van der Waals surface area contributed by atoms with Crippen LogP contribution >= 0.6 is 11.3 Å². The van der Waals surface area contributed by atoms with Crippen molar-refractivity contribution in [1.82, 2.24) is 14.2 Å². The number of fused-ring (bicyclic) bond motifs is 11. The van der Waals surface area contributed by atoms with E-state index in [1.54, 1.807) is 0 Å². The van der Waals surface area contributed by atoms with Crippen LogP contribution in [0.5, 0.6) is 0 Å². The molecule has 0 fully saturated rings. The standard InChI is InChI=1S/C31H17N3OS/c1-4-10-24-20(8-1)25-14-13-18(17-33(25)32-24)34-26-15-22-19-7-2-5-11-27(19)35-28(22)16-23(26)30-21-9-3-6-12-29(21)36-31(30)34/h1-17H. The van der Waals surface area contributed by atoms with E-state index in [1.165, 1.54) is 36.6 Å². The summed E-state index contributed by atoms with van der Waals surface area (Å²) in [6, 6.07) is 34.2. The molecule has 9 rings (SSSR count). The van der Waals surface area contributed by atoms with Crippen LogP contribution in [-0.4, -0.2) is 14.2 Å². The second-order valence-corrected chi connectivity index (χ2v) is 10.3. The van der Waals surface area contributed by atoms with Gasteiger partial charge in [0.2, 0.25) is 0 Å². The van der Waals surface area contributed by atoms with Crippen molar-refractivity contribution in [2.75, 3.05) is 0 Å². The molecule has 5 aromatic heterocycles. The Labute approximate surface area is 208 Å². The minimum atomic E-state index is 0.919. The highest BCUT2D eigenvalue weighted by atomic mass is 32.1. The molecule has 0 aliphatic carbocycles. The third-order valence-corrected chi connectivity index (χ3v) is 8.51. The summed E-state index contributed by atoms with van der Waals surface area (Å²) in [6.07, 6.45) is 2.15. The van der Waals surface area contributed by atoms with Crippen LogP contribution in [0.4, 0.5) is 0 Å². The van der Waals surface area contributed by atoms with Crippen molar-refractivity contribution in [2.24, 2.45) is 0 Å². The largest absolute Gasteiger partial charge is 0.456 e. The molecule has 168 valence electrons. The van der Waals surface area contributed by atoms with Gasteiger partial charge in [0.15, 0.2) is 0 Å². The van der Waals surface area contributed by atoms with Crippen molar-refractivity contribution < 1.29 is 4.42 Å². The normalized spacial score (nSPS) is 12.4. The molecule has 0 unspecified atom stereocenters. The second-order valence-electron chi connectivity index (χ2n) is 9.31. The van der Waals surface area contributed by atoms with E-state index >= 15 is 0 Å². The summed E-state index contributed by atoms with van der Waals surface area (Å²) in [5.41, 5.74) is 6.23. The van der Waals surface area contributed by atoms with E-state index < -0.39 is 0 Å². The minimum absolute atomic E-state index is 0.919. The Kier molecular flexibility index (Phi) is 3.39. The van der Waals surface area contributed by atoms with Crippen molar-refractivity contribution in [1.29, 1.82) is 0 Å². The van der Waals surface area contributed by atoms with E-state index in [0.717, 1.165) is 38.7 Å². The highest BCUT2D eigenvalue weighted by Gasteiger charge is 2.20. The lowest BCUT2D eigenvalue weighted by atomic mass is 10.1. The molecule has 9 aromatic rings. The smallest absolute Gasteiger partial charge is 0.136 e. The van der Waals surface area contributed by atoms with Crippen molar-refractivity contribution in [3.63, 3.8) is 0 Å². The molecule has 0 amide bonds. The fraction of sp³-hybridized carbons (Fsp3) is 0. The van der Waals surface area contributed by atoms with Crippen molar-refractivity contribution in [3.8, 4) is 5.69 Å². The van der Waals surface area contributed by atoms with Crippen LogP contribution in [0, 0.1) is 0 Å². The number of nitrogens with zero attached hydrogens (tertiary/aromatic N) is 3. The summed E-state index contributed by atoms with van der Waals surface area (Å²) in [5.74, 6) is 0. The Hall–Kier alpha value is -4.61. The average Bonchev–Trinajstić information content (AvgIpc) is 3.64. The van der Waals surface area contributed by atoms with Gasteiger partial charge in [0.1, 0.15) is 16.0 Å². The molecule has 0 bridgehead atoms. The van der Waals surface area contributed by atoms with Crippen LogP contribution in [0.1, 0.15) is 0 Å². The van der Waals surface area contributed by atoms with Gasteiger partial charge < -0.3 is 4.42 Å². The molecule has 4 nitrogen and oxygen atoms in total. The Morgan fingerprint density at radius 1 is 0.639 bits per heavy atom. The monoisotopic (exact) mass is 479 g/mol. The summed E-state index contributed by atoms with van der Waals surface area (Å²) < 4.78 is 12.0. The van der Waals surface area contributed by atoms with Crippen LogP contribution in [0.15, 0.2) is 108 Å². The number of furan rings is 1. The van der Waals surface area contributed by atoms with Gasteiger partial charge in [-0.2, -0.15) is 5.10 Å². The maximum atomic E-state index is 6.28. The molecule has 0 saturated heterocycles. The van der Waals surface area contributed by atoms with Crippen LogP contribution in [0.3, 0.4) is 0 Å². The van der Waals surface area contributed by atoms with Crippen molar-refractivity contribution in [2.45, 2.75) is 0 Å². The average molecular weight is 480 g/mol. The predicted molar refractivity (Wildman–Crippen MR) is 150 cm³/mol. The minimum Gasteiger partial charge on any atom is -0.456 e. The molecule has 0 aliphatic rings. The summed E-state index contributed by atoms with van der Waals surface area (Å²) >= 11 is 1.83. The van der Waals surface area contributed by atoms with E-state index in [4.69, 9.17) is 9.52 Å². The lowest BCUT2D eigenvalue weighted by Crippen LogP contribution is -1.96. The first-order valence-electron chi connectivity index (χ1n) is 12.0.